The Hall–Kier alpha value is -1.79. The van der Waals surface area contributed by atoms with E-state index in [9.17, 15) is 14.4 Å². The standard InChI is InChI=1S/C13H23N3O4/c1-3-10(12(18)19)16(2)13(20)14-8-4-5-11(17)15-9-6-7-9/h9-10H,3-8H2,1-2H3,(H,14,20)(H,15,17)(H,18,19). The van der Waals surface area contributed by atoms with Crippen molar-refractivity contribution in [3.8, 4) is 0 Å². The highest BCUT2D eigenvalue weighted by atomic mass is 16.4. The summed E-state index contributed by atoms with van der Waals surface area (Å²) < 4.78 is 0. The topological polar surface area (TPSA) is 98.7 Å². The van der Waals surface area contributed by atoms with Crippen molar-refractivity contribution in [2.75, 3.05) is 13.6 Å². The van der Waals surface area contributed by atoms with Gasteiger partial charge < -0.3 is 20.6 Å². The molecule has 0 aromatic carbocycles. The molecular weight excluding hydrogens is 262 g/mol. The molecule has 0 aliphatic heterocycles. The lowest BCUT2D eigenvalue weighted by atomic mass is 10.2. The third-order valence-electron chi connectivity index (χ3n) is 3.26. The highest BCUT2D eigenvalue weighted by molar-refractivity contribution is 5.82. The van der Waals surface area contributed by atoms with Gasteiger partial charge in [-0.3, -0.25) is 4.79 Å². The maximum Gasteiger partial charge on any atom is 0.326 e. The van der Waals surface area contributed by atoms with Crippen molar-refractivity contribution in [3.05, 3.63) is 0 Å². The van der Waals surface area contributed by atoms with Gasteiger partial charge in [-0.2, -0.15) is 0 Å². The number of amides is 3. The summed E-state index contributed by atoms with van der Waals surface area (Å²) in [4.78, 5) is 35.2. The molecule has 1 aliphatic rings. The van der Waals surface area contributed by atoms with Crippen LogP contribution in [0.25, 0.3) is 0 Å². The zero-order valence-electron chi connectivity index (χ0n) is 12.0. The van der Waals surface area contributed by atoms with Crippen LogP contribution in [0.3, 0.4) is 0 Å². The molecule has 0 bridgehead atoms. The summed E-state index contributed by atoms with van der Waals surface area (Å²) in [6.07, 6.45) is 3.38. The van der Waals surface area contributed by atoms with Crippen molar-refractivity contribution in [2.24, 2.45) is 0 Å². The average Bonchev–Trinajstić information content (AvgIpc) is 3.18. The minimum Gasteiger partial charge on any atom is -0.480 e. The zero-order valence-corrected chi connectivity index (χ0v) is 12.0. The summed E-state index contributed by atoms with van der Waals surface area (Å²) in [6.45, 7) is 2.07. The number of nitrogens with one attached hydrogen (secondary N) is 2. The number of carboxylic acid groups (broad SMARTS) is 1. The van der Waals surface area contributed by atoms with E-state index < -0.39 is 18.0 Å². The Kier molecular flexibility index (Phi) is 6.27. The molecule has 1 unspecified atom stereocenters. The Balaban J connectivity index is 2.17. The quantitative estimate of drug-likeness (QED) is 0.567. The van der Waals surface area contributed by atoms with Gasteiger partial charge >= 0.3 is 12.0 Å². The summed E-state index contributed by atoms with van der Waals surface area (Å²) in [5.74, 6) is -1.01. The van der Waals surface area contributed by atoms with Gasteiger partial charge in [-0.1, -0.05) is 6.92 Å². The van der Waals surface area contributed by atoms with Gasteiger partial charge in [0.1, 0.15) is 6.04 Å². The highest BCUT2D eigenvalue weighted by Crippen LogP contribution is 2.18. The third-order valence-corrected chi connectivity index (χ3v) is 3.26. The van der Waals surface area contributed by atoms with Crippen LogP contribution in [0, 0.1) is 0 Å². The number of carboxylic acids is 1. The first-order valence-corrected chi connectivity index (χ1v) is 6.98. The monoisotopic (exact) mass is 285 g/mol. The molecule has 7 nitrogen and oxygen atoms in total. The number of carbonyl (C=O) groups excluding carboxylic acids is 2. The summed E-state index contributed by atoms with van der Waals surface area (Å²) in [6, 6.07) is -0.904. The lowest BCUT2D eigenvalue weighted by Crippen LogP contribution is -2.47. The lowest BCUT2D eigenvalue weighted by molar-refractivity contribution is -0.141. The van der Waals surface area contributed by atoms with Gasteiger partial charge in [-0.05, 0) is 25.7 Å². The molecule has 3 N–H and O–H groups in total. The molecule has 20 heavy (non-hydrogen) atoms. The number of aliphatic carboxylic acids is 1. The van der Waals surface area contributed by atoms with E-state index in [1.54, 1.807) is 6.92 Å². The Morgan fingerprint density at radius 1 is 1.35 bits per heavy atom. The van der Waals surface area contributed by atoms with E-state index in [1.165, 1.54) is 11.9 Å². The van der Waals surface area contributed by atoms with Crippen molar-refractivity contribution < 1.29 is 19.5 Å². The molecule has 0 spiro atoms. The molecule has 0 radical (unpaired) electrons. The number of hydrogen-bond donors (Lipinski definition) is 3. The SMILES string of the molecule is CCC(C(=O)O)N(C)C(=O)NCCCC(=O)NC1CC1. The molecule has 1 rings (SSSR count). The second-order valence-electron chi connectivity index (χ2n) is 5.05. The Morgan fingerprint density at radius 3 is 2.50 bits per heavy atom. The van der Waals surface area contributed by atoms with Crippen molar-refractivity contribution >= 4 is 17.9 Å². The van der Waals surface area contributed by atoms with Gasteiger partial charge in [0.2, 0.25) is 5.91 Å². The molecule has 1 fully saturated rings. The fourth-order valence-corrected chi connectivity index (χ4v) is 1.85. The summed E-state index contributed by atoms with van der Waals surface area (Å²) in [7, 11) is 1.46. The van der Waals surface area contributed by atoms with Gasteiger partial charge in [0.15, 0.2) is 0 Å². The molecule has 0 aromatic rings. The van der Waals surface area contributed by atoms with Gasteiger partial charge in [-0.25, -0.2) is 9.59 Å². The first-order valence-electron chi connectivity index (χ1n) is 6.98. The predicted octanol–water partition coefficient (Wildman–Crippen LogP) is 0.550. The minimum atomic E-state index is -1.02. The van der Waals surface area contributed by atoms with Crippen LogP contribution in [0.4, 0.5) is 4.79 Å². The largest absolute Gasteiger partial charge is 0.480 e. The first kappa shape index (κ1) is 16.3. The maximum absolute atomic E-state index is 11.7. The number of rotatable bonds is 8. The molecule has 0 heterocycles. The van der Waals surface area contributed by atoms with Crippen molar-refractivity contribution in [1.29, 1.82) is 0 Å². The van der Waals surface area contributed by atoms with Crippen LogP contribution in [0.2, 0.25) is 0 Å². The Morgan fingerprint density at radius 2 is 2.00 bits per heavy atom. The highest BCUT2D eigenvalue weighted by Gasteiger charge is 2.24. The molecule has 0 aromatic heterocycles. The maximum atomic E-state index is 11.7. The second-order valence-corrected chi connectivity index (χ2v) is 5.05. The molecule has 114 valence electrons. The van der Waals surface area contributed by atoms with Crippen LogP contribution in [-0.2, 0) is 9.59 Å². The summed E-state index contributed by atoms with van der Waals surface area (Å²) in [5, 5.41) is 14.4. The lowest BCUT2D eigenvalue weighted by Gasteiger charge is -2.23. The number of hydrogen-bond acceptors (Lipinski definition) is 3. The van der Waals surface area contributed by atoms with E-state index in [2.05, 4.69) is 10.6 Å². The van der Waals surface area contributed by atoms with Crippen LogP contribution in [0.5, 0.6) is 0 Å². The smallest absolute Gasteiger partial charge is 0.326 e. The molecular formula is C13H23N3O4. The van der Waals surface area contributed by atoms with E-state index >= 15 is 0 Å². The van der Waals surface area contributed by atoms with Gasteiger partial charge in [0.05, 0.1) is 0 Å². The Labute approximate surface area is 118 Å². The zero-order chi connectivity index (χ0) is 15.1. The molecule has 1 aliphatic carbocycles. The number of likely N-dealkylation sites (N-methyl/N-ethyl adjacent to an activating group) is 1. The minimum absolute atomic E-state index is 0.00655. The van der Waals surface area contributed by atoms with E-state index in [0.717, 1.165) is 12.8 Å². The van der Waals surface area contributed by atoms with E-state index in [1.807, 2.05) is 0 Å². The van der Waals surface area contributed by atoms with E-state index in [-0.39, 0.29) is 5.91 Å². The fraction of sp³-hybridized carbons (Fsp3) is 0.769. The molecule has 1 saturated carbocycles. The van der Waals surface area contributed by atoms with Crippen LogP contribution >= 0.6 is 0 Å². The molecule has 3 amide bonds. The van der Waals surface area contributed by atoms with E-state index in [0.29, 0.717) is 31.8 Å². The van der Waals surface area contributed by atoms with Crippen molar-refractivity contribution in [1.82, 2.24) is 15.5 Å². The predicted molar refractivity (Wildman–Crippen MR) is 73.3 cm³/mol. The number of carbonyl (C=O) groups is 3. The van der Waals surface area contributed by atoms with Crippen LogP contribution in [0.1, 0.15) is 39.0 Å². The fourth-order valence-electron chi connectivity index (χ4n) is 1.85. The normalized spacial score (nSPS) is 15.3. The second kappa shape index (κ2) is 7.72. The first-order chi connectivity index (χ1) is 9.45. The van der Waals surface area contributed by atoms with Crippen LogP contribution in [-0.4, -0.2) is 53.6 Å². The van der Waals surface area contributed by atoms with Crippen molar-refractivity contribution in [3.63, 3.8) is 0 Å². The van der Waals surface area contributed by atoms with Gasteiger partial charge in [-0.15, -0.1) is 0 Å². The summed E-state index contributed by atoms with van der Waals surface area (Å²) in [5.41, 5.74) is 0. The summed E-state index contributed by atoms with van der Waals surface area (Å²) >= 11 is 0. The van der Waals surface area contributed by atoms with Crippen LogP contribution < -0.4 is 10.6 Å². The van der Waals surface area contributed by atoms with Crippen LogP contribution in [0.15, 0.2) is 0 Å². The average molecular weight is 285 g/mol. The number of urea groups is 1. The molecule has 0 saturated heterocycles. The Bertz CT molecular complexity index is 369. The molecule has 1 atom stereocenters. The third kappa shape index (κ3) is 5.46. The van der Waals surface area contributed by atoms with Gasteiger partial charge in [0, 0.05) is 26.1 Å². The molecule has 7 heteroatoms. The van der Waals surface area contributed by atoms with E-state index in [4.69, 9.17) is 5.11 Å². The van der Waals surface area contributed by atoms with Gasteiger partial charge in [0.25, 0.3) is 0 Å². The van der Waals surface area contributed by atoms with Crippen molar-refractivity contribution in [2.45, 2.75) is 51.1 Å². The number of nitrogens with zero attached hydrogens (tertiary/aromatic N) is 1.